The van der Waals surface area contributed by atoms with Crippen LogP contribution in [0, 0.1) is 23.7 Å². The van der Waals surface area contributed by atoms with Crippen molar-refractivity contribution in [1.82, 2.24) is 0 Å². The summed E-state index contributed by atoms with van der Waals surface area (Å²) in [6.07, 6.45) is 34.3. The van der Waals surface area contributed by atoms with E-state index in [4.69, 9.17) is 4.74 Å². The Bertz CT molecular complexity index is 514. The maximum Gasteiger partial charge on any atom is 0.305 e. The van der Waals surface area contributed by atoms with Gasteiger partial charge >= 0.3 is 5.97 Å². The molecule has 0 aliphatic rings. The maximum atomic E-state index is 12.1. The smallest absolute Gasteiger partial charge is 0.305 e. The van der Waals surface area contributed by atoms with Gasteiger partial charge in [-0.2, -0.15) is 0 Å². The SMILES string of the molecule is CCCCCCCCCCCCCCCCCC(=O)OCCC(C)CCCC(C)CCCC(C)CCCC(C)C. The summed E-state index contributed by atoms with van der Waals surface area (Å²) in [4.78, 5) is 12.1. The number of hydrogen-bond donors (Lipinski definition) is 0. The molecule has 0 bridgehead atoms. The first-order valence-corrected chi connectivity index (χ1v) is 18.5. The monoisotopic (exact) mass is 565 g/mol. The molecule has 0 heterocycles. The standard InChI is InChI=1S/C38H76O2/c1-7-8-9-10-11-12-13-14-15-16-17-18-19-20-21-31-38(39)40-33-32-37(6)30-24-29-36(5)28-23-27-35(4)26-22-25-34(2)3/h34-37H,7-33H2,1-6H3. The highest BCUT2D eigenvalue weighted by atomic mass is 16.5. The molecular weight excluding hydrogens is 488 g/mol. The largest absolute Gasteiger partial charge is 0.466 e. The highest BCUT2D eigenvalue weighted by Gasteiger charge is 2.09. The van der Waals surface area contributed by atoms with Crippen molar-refractivity contribution in [3.05, 3.63) is 0 Å². The van der Waals surface area contributed by atoms with Gasteiger partial charge in [0.1, 0.15) is 0 Å². The van der Waals surface area contributed by atoms with Gasteiger partial charge in [-0.05, 0) is 36.5 Å². The Hall–Kier alpha value is -0.530. The van der Waals surface area contributed by atoms with E-state index in [1.165, 1.54) is 148 Å². The first-order chi connectivity index (χ1) is 19.3. The van der Waals surface area contributed by atoms with Crippen LogP contribution in [0.1, 0.15) is 208 Å². The zero-order chi connectivity index (χ0) is 29.7. The van der Waals surface area contributed by atoms with Gasteiger partial charge in [0.05, 0.1) is 6.61 Å². The van der Waals surface area contributed by atoms with Crippen molar-refractivity contribution in [3.63, 3.8) is 0 Å². The molecule has 0 saturated carbocycles. The van der Waals surface area contributed by atoms with E-state index in [9.17, 15) is 4.79 Å². The lowest BCUT2D eigenvalue weighted by Crippen LogP contribution is -2.09. The first kappa shape index (κ1) is 39.5. The normalized spacial score (nSPS) is 14.0. The lowest BCUT2D eigenvalue weighted by Gasteiger charge is -2.16. The van der Waals surface area contributed by atoms with E-state index in [-0.39, 0.29) is 5.97 Å². The molecule has 240 valence electrons. The lowest BCUT2D eigenvalue weighted by molar-refractivity contribution is -0.144. The van der Waals surface area contributed by atoms with Crippen LogP contribution < -0.4 is 0 Å². The summed E-state index contributed by atoms with van der Waals surface area (Å²) in [6, 6.07) is 0. The fourth-order valence-electron chi connectivity index (χ4n) is 6.02. The van der Waals surface area contributed by atoms with Gasteiger partial charge < -0.3 is 4.74 Å². The molecule has 3 unspecified atom stereocenters. The quantitative estimate of drug-likeness (QED) is 0.0618. The van der Waals surface area contributed by atoms with Crippen molar-refractivity contribution in [2.45, 2.75) is 208 Å². The van der Waals surface area contributed by atoms with Crippen LogP contribution >= 0.6 is 0 Å². The summed E-state index contributed by atoms with van der Waals surface area (Å²) >= 11 is 0. The Kier molecular flexibility index (Phi) is 29.5. The predicted octanol–water partition coefficient (Wildman–Crippen LogP) is 13.3. The Morgan fingerprint density at radius 1 is 0.450 bits per heavy atom. The summed E-state index contributed by atoms with van der Waals surface area (Å²) in [6.45, 7) is 14.8. The van der Waals surface area contributed by atoms with Crippen LogP contribution in [0.25, 0.3) is 0 Å². The molecule has 0 spiro atoms. The Morgan fingerprint density at radius 3 is 1.20 bits per heavy atom. The topological polar surface area (TPSA) is 26.3 Å². The van der Waals surface area contributed by atoms with Gasteiger partial charge in [0.2, 0.25) is 0 Å². The van der Waals surface area contributed by atoms with Gasteiger partial charge in [-0.15, -0.1) is 0 Å². The summed E-state index contributed by atoms with van der Waals surface area (Å²) in [7, 11) is 0. The summed E-state index contributed by atoms with van der Waals surface area (Å²) < 4.78 is 5.54. The average Bonchev–Trinajstić information content (AvgIpc) is 2.90. The zero-order valence-electron chi connectivity index (χ0n) is 28.7. The van der Waals surface area contributed by atoms with Gasteiger partial charge in [0, 0.05) is 6.42 Å². The third kappa shape index (κ3) is 30.4. The molecule has 0 saturated heterocycles. The van der Waals surface area contributed by atoms with E-state index < -0.39 is 0 Å². The summed E-state index contributed by atoms with van der Waals surface area (Å²) in [5.74, 6) is 3.28. The highest BCUT2D eigenvalue weighted by molar-refractivity contribution is 5.69. The van der Waals surface area contributed by atoms with Crippen molar-refractivity contribution < 1.29 is 9.53 Å². The van der Waals surface area contributed by atoms with Crippen molar-refractivity contribution in [2.24, 2.45) is 23.7 Å². The second-order valence-corrected chi connectivity index (χ2v) is 14.2. The molecule has 0 aromatic carbocycles. The molecule has 0 N–H and O–H groups in total. The molecular formula is C38H76O2. The molecule has 40 heavy (non-hydrogen) atoms. The summed E-state index contributed by atoms with van der Waals surface area (Å²) in [5, 5.41) is 0. The van der Waals surface area contributed by atoms with Gasteiger partial charge in [-0.3, -0.25) is 4.79 Å². The molecule has 3 atom stereocenters. The molecule has 0 aliphatic carbocycles. The molecule has 0 aliphatic heterocycles. The zero-order valence-corrected chi connectivity index (χ0v) is 28.7. The number of rotatable bonds is 31. The fourth-order valence-corrected chi connectivity index (χ4v) is 6.02. The third-order valence-electron chi connectivity index (χ3n) is 9.12. The van der Waals surface area contributed by atoms with Crippen LogP contribution in [0.5, 0.6) is 0 Å². The van der Waals surface area contributed by atoms with E-state index in [2.05, 4.69) is 41.5 Å². The van der Waals surface area contributed by atoms with Crippen molar-refractivity contribution in [3.8, 4) is 0 Å². The number of ether oxygens (including phenoxy) is 1. The average molecular weight is 565 g/mol. The van der Waals surface area contributed by atoms with Gasteiger partial charge in [-0.1, -0.05) is 189 Å². The van der Waals surface area contributed by atoms with E-state index in [0.29, 0.717) is 18.9 Å². The highest BCUT2D eigenvalue weighted by Crippen LogP contribution is 2.23. The van der Waals surface area contributed by atoms with Gasteiger partial charge in [0.25, 0.3) is 0 Å². The van der Waals surface area contributed by atoms with E-state index in [1.807, 2.05) is 0 Å². The molecule has 0 aromatic heterocycles. The maximum absolute atomic E-state index is 12.1. The van der Waals surface area contributed by atoms with Crippen molar-refractivity contribution >= 4 is 5.97 Å². The van der Waals surface area contributed by atoms with E-state index in [1.54, 1.807) is 0 Å². The second-order valence-electron chi connectivity index (χ2n) is 14.2. The van der Waals surface area contributed by atoms with E-state index in [0.717, 1.165) is 30.6 Å². The Balaban J connectivity index is 3.44. The third-order valence-corrected chi connectivity index (χ3v) is 9.12. The van der Waals surface area contributed by atoms with Gasteiger partial charge in [-0.25, -0.2) is 0 Å². The Morgan fingerprint density at radius 2 is 0.800 bits per heavy atom. The number of carbonyl (C=O) groups is 1. The second kappa shape index (κ2) is 29.9. The molecule has 0 fully saturated rings. The fraction of sp³-hybridized carbons (Fsp3) is 0.974. The Labute approximate surface area is 254 Å². The molecule has 0 radical (unpaired) electrons. The van der Waals surface area contributed by atoms with Crippen LogP contribution in [0.3, 0.4) is 0 Å². The van der Waals surface area contributed by atoms with Crippen LogP contribution in [0.15, 0.2) is 0 Å². The van der Waals surface area contributed by atoms with Crippen LogP contribution in [-0.4, -0.2) is 12.6 Å². The minimum Gasteiger partial charge on any atom is -0.466 e. The van der Waals surface area contributed by atoms with Crippen molar-refractivity contribution in [1.29, 1.82) is 0 Å². The molecule has 0 amide bonds. The minimum absolute atomic E-state index is 0.0222. The van der Waals surface area contributed by atoms with Crippen LogP contribution in [0.2, 0.25) is 0 Å². The minimum atomic E-state index is 0.0222. The molecule has 0 rings (SSSR count). The molecule has 0 aromatic rings. The predicted molar refractivity (Wildman–Crippen MR) is 179 cm³/mol. The van der Waals surface area contributed by atoms with E-state index >= 15 is 0 Å². The van der Waals surface area contributed by atoms with Crippen LogP contribution in [0.4, 0.5) is 0 Å². The van der Waals surface area contributed by atoms with Crippen molar-refractivity contribution in [2.75, 3.05) is 6.61 Å². The molecule has 2 nitrogen and oxygen atoms in total. The number of esters is 1. The van der Waals surface area contributed by atoms with Crippen LogP contribution in [-0.2, 0) is 9.53 Å². The number of carbonyl (C=O) groups excluding carboxylic acids is 1. The van der Waals surface area contributed by atoms with Gasteiger partial charge in [0.15, 0.2) is 0 Å². The number of unbranched alkanes of at least 4 members (excludes halogenated alkanes) is 14. The first-order valence-electron chi connectivity index (χ1n) is 18.5. The molecule has 2 heteroatoms. The lowest BCUT2D eigenvalue weighted by atomic mass is 9.91. The summed E-state index contributed by atoms with van der Waals surface area (Å²) in [5.41, 5.74) is 0. The number of hydrogen-bond acceptors (Lipinski definition) is 2.